The maximum absolute atomic E-state index is 13.0. The van der Waals surface area contributed by atoms with Crippen molar-refractivity contribution in [2.24, 2.45) is 5.10 Å². The van der Waals surface area contributed by atoms with Crippen LogP contribution >= 0.6 is 34.4 Å². The van der Waals surface area contributed by atoms with Gasteiger partial charge >= 0.3 is 5.97 Å². The number of ether oxygens (including phenoxy) is 2. The summed E-state index contributed by atoms with van der Waals surface area (Å²) in [5.41, 5.74) is 1.15. The van der Waals surface area contributed by atoms with E-state index >= 15 is 0 Å². The second-order valence-electron chi connectivity index (χ2n) is 6.64. The van der Waals surface area contributed by atoms with Crippen molar-refractivity contribution in [2.45, 2.75) is 17.4 Å². The summed E-state index contributed by atoms with van der Waals surface area (Å²) in [5.74, 6) is -0.551. The second kappa shape index (κ2) is 9.67. The normalized spacial score (nSPS) is 15.6. The molecule has 1 aliphatic rings. The number of amides is 1. The van der Waals surface area contributed by atoms with Gasteiger partial charge in [0.15, 0.2) is 6.61 Å². The second-order valence-corrected chi connectivity index (χ2v) is 9.45. The lowest BCUT2D eigenvalue weighted by Crippen LogP contribution is -2.31. The highest BCUT2D eigenvalue weighted by molar-refractivity contribution is 7.98. The Hall–Kier alpha value is -2.62. The first kappa shape index (κ1) is 21.6. The van der Waals surface area contributed by atoms with Crippen molar-refractivity contribution in [1.82, 2.24) is 5.01 Å². The van der Waals surface area contributed by atoms with E-state index in [-0.39, 0.29) is 17.5 Å². The number of hydrazone groups is 1. The van der Waals surface area contributed by atoms with Crippen molar-refractivity contribution in [3.05, 3.63) is 68.5 Å². The predicted molar refractivity (Wildman–Crippen MR) is 124 cm³/mol. The van der Waals surface area contributed by atoms with Gasteiger partial charge in [-0.2, -0.15) is 5.10 Å². The molecule has 6 nitrogen and oxygen atoms in total. The first-order valence-corrected chi connectivity index (χ1v) is 12.4. The van der Waals surface area contributed by atoms with Crippen LogP contribution in [0.2, 0.25) is 0 Å². The van der Waals surface area contributed by atoms with Gasteiger partial charge in [-0.3, -0.25) is 4.79 Å². The number of esters is 1. The van der Waals surface area contributed by atoms with Gasteiger partial charge in [-0.1, -0.05) is 12.1 Å². The number of thioether (sulfide) groups is 1. The molecule has 1 amide bonds. The highest BCUT2D eigenvalue weighted by Crippen LogP contribution is 2.36. The van der Waals surface area contributed by atoms with E-state index in [9.17, 15) is 9.59 Å². The van der Waals surface area contributed by atoms with E-state index in [0.29, 0.717) is 12.2 Å². The van der Waals surface area contributed by atoms with E-state index in [1.165, 1.54) is 12.1 Å². The minimum atomic E-state index is -0.604. The Morgan fingerprint density at radius 2 is 2.00 bits per heavy atom. The standard InChI is InChI=1S/C22H20N2O4S3/c1-27-18-11-14(29-2)7-8-15(18)22(26)28-13-21(25)24-17(20-6-4-10-31-20)12-16(23-24)19-5-3-9-30-19/h3-11,17H,12-13H2,1-2H3. The molecule has 1 aromatic carbocycles. The number of carbonyl (C=O) groups is 2. The Labute approximate surface area is 192 Å². The Morgan fingerprint density at radius 1 is 1.19 bits per heavy atom. The third-order valence-corrected chi connectivity index (χ3v) is 7.42. The fourth-order valence-corrected chi connectivity index (χ4v) is 5.23. The van der Waals surface area contributed by atoms with Crippen molar-refractivity contribution in [3.8, 4) is 5.75 Å². The SMILES string of the molecule is COc1cc(SC)ccc1C(=O)OCC(=O)N1N=C(c2cccs2)CC1c1cccs1. The van der Waals surface area contributed by atoms with Gasteiger partial charge in [0.2, 0.25) is 0 Å². The summed E-state index contributed by atoms with van der Waals surface area (Å²) in [5, 5.41) is 9.98. The zero-order chi connectivity index (χ0) is 21.8. The molecule has 0 fully saturated rings. The van der Waals surface area contributed by atoms with E-state index < -0.39 is 12.6 Å². The third-order valence-electron chi connectivity index (χ3n) is 4.80. The van der Waals surface area contributed by atoms with Crippen LogP contribution < -0.4 is 4.74 Å². The molecule has 0 saturated heterocycles. The Morgan fingerprint density at radius 3 is 2.68 bits per heavy atom. The van der Waals surface area contributed by atoms with E-state index in [4.69, 9.17) is 9.47 Å². The van der Waals surface area contributed by atoms with E-state index in [1.807, 2.05) is 47.3 Å². The molecule has 1 atom stereocenters. The summed E-state index contributed by atoms with van der Waals surface area (Å²) in [6, 6.07) is 12.9. The van der Waals surface area contributed by atoms with Gasteiger partial charge in [-0.25, -0.2) is 9.80 Å². The van der Waals surface area contributed by atoms with Crippen molar-refractivity contribution in [1.29, 1.82) is 0 Å². The van der Waals surface area contributed by atoms with Crippen molar-refractivity contribution in [2.75, 3.05) is 20.0 Å². The summed E-state index contributed by atoms with van der Waals surface area (Å²) >= 11 is 4.72. The van der Waals surface area contributed by atoms with Gasteiger partial charge in [0.05, 0.1) is 23.7 Å². The molecule has 0 radical (unpaired) electrons. The summed E-state index contributed by atoms with van der Waals surface area (Å²) in [6.07, 6.45) is 2.57. The molecule has 4 rings (SSSR count). The molecule has 0 bridgehead atoms. The molecule has 0 N–H and O–H groups in total. The molecule has 0 saturated carbocycles. The topological polar surface area (TPSA) is 68.2 Å². The molecule has 0 aliphatic carbocycles. The molecule has 3 aromatic rings. The average molecular weight is 473 g/mol. The van der Waals surface area contributed by atoms with Gasteiger partial charge < -0.3 is 9.47 Å². The van der Waals surface area contributed by atoms with Crippen LogP contribution in [0.1, 0.15) is 32.6 Å². The van der Waals surface area contributed by atoms with Crippen LogP contribution in [0.4, 0.5) is 0 Å². The molecule has 9 heteroatoms. The smallest absolute Gasteiger partial charge is 0.342 e. The fourth-order valence-electron chi connectivity index (χ4n) is 3.27. The first-order valence-electron chi connectivity index (χ1n) is 9.46. The number of carbonyl (C=O) groups excluding carboxylic acids is 2. The number of thiophene rings is 2. The lowest BCUT2D eigenvalue weighted by atomic mass is 10.1. The van der Waals surface area contributed by atoms with Crippen LogP contribution in [0.15, 0.2) is 63.2 Å². The molecule has 1 unspecified atom stereocenters. The van der Waals surface area contributed by atoms with Crippen molar-refractivity contribution < 1.29 is 19.1 Å². The van der Waals surface area contributed by atoms with Crippen LogP contribution in [0, 0.1) is 0 Å². The fraction of sp³-hybridized carbons (Fsp3) is 0.227. The molecule has 1 aliphatic heterocycles. The van der Waals surface area contributed by atoms with E-state index in [2.05, 4.69) is 5.10 Å². The molecule has 2 aromatic heterocycles. The molecular weight excluding hydrogens is 452 g/mol. The highest BCUT2D eigenvalue weighted by Gasteiger charge is 2.34. The number of benzene rings is 1. The number of hydrogen-bond donors (Lipinski definition) is 0. The average Bonchev–Trinajstić information content (AvgIpc) is 3.56. The van der Waals surface area contributed by atoms with Crippen LogP contribution in [-0.4, -0.2) is 42.6 Å². The Kier molecular flexibility index (Phi) is 6.74. The maximum atomic E-state index is 13.0. The molecule has 0 spiro atoms. The van der Waals surface area contributed by atoms with E-state index in [0.717, 1.165) is 20.4 Å². The zero-order valence-corrected chi connectivity index (χ0v) is 19.4. The summed E-state index contributed by atoms with van der Waals surface area (Å²) in [6.45, 7) is -0.393. The molecule has 31 heavy (non-hydrogen) atoms. The number of hydrogen-bond acceptors (Lipinski definition) is 8. The minimum Gasteiger partial charge on any atom is -0.496 e. The zero-order valence-electron chi connectivity index (χ0n) is 16.9. The Balaban J connectivity index is 1.49. The van der Waals surface area contributed by atoms with Gasteiger partial charge in [-0.05, 0) is 47.3 Å². The largest absolute Gasteiger partial charge is 0.496 e. The highest BCUT2D eigenvalue weighted by atomic mass is 32.2. The predicted octanol–water partition coefficient (Wildman–Crippen LogP) is 5.07. The minimum absolute atomic E-state index is 0.196. The summed E-state index contributed by atoms with van der Waals surface area (Å²) in [4.78, 5) is 28.6. The van der Waals surface area contributed by atoms with Gasteiger partial charge in [0.25, 0.3) is 5.91 Å². The van der Waals surface area contributed by atoms with Crippen molar-refractivity contribution >= 4 is 52.0 Å². The maximum Gasteiger partial charge on any atom is 0.342 e. The number of nitrogens with zero attached hydrogens (tertiary/aromatic N) is 2. The third kappa shape index (κ3) is 4.68. The van der Waals surface area contributed by atoms with Crippen LogP contribution in [0.25, 0.3) is 0 Å². The summed E-state index contributed by atoms with van der Waals surface area (Å²) < 4.78 is 10.6. The van der Waals surface area contributed by atoms with Gasteiger partial charge in [-0.15, -0.1) is 34.4 Å². The number of methoxy groups -OCH3 is 1. The number of rotatable bonds is 7. The van der Waals surface area contributed by atoms with E-state index in [1.54, 1.807) is 46.6 Å². The van der Waals surface area contributed by atoms with Gasteiger partial charge in [0.1, 0.15) is 11.3 Å². The monoisotopic (exact) mass is 472 g/mol. The van der Waals surface area contributed by atoms with Crippen LogP contribution in [0.3, 0.4) is 0 Å². The first-order chi connectivity index (χ1) is 15.1. The summed E-state index contributed by atoms with van der Waals surface area (Å²) in [7, 11) is 1.50. The van der Waals surface area contributed by atoms with Crippen LogP contribution in [0.5, 0.6) is 5.75 Å². The quantitative estimate of drug-likeness (QED) is 0.355. The molecule has 3 heterocycles. The van der Waals surface area contributed by atoms with Crippen molar-refractivity contribution in [3.63, 3.8) is 0 Å². The van der Waals surface area contributed by atoms with Crippen LogP contribution in [-0.2, 0) is 9.53 Å². The lowest BCUT2D eigenvalue weighted by Gasteiger charge is -2.20. The Bertz CT molecular complexity index is 1090. The lowest BCUT2D eigenvalue weighted by molar-refractivity contribution is -0.136. The molecule has 160 valence electrons. The van der Waals surface area contributed by atoms with Gasteiger partial charge in [0, 0.05) is 16.2 Å². The molecular formula is C22H20N2O4S3.